The van der Waals surface area contributed by atoms with E-state index in [0.29, 0.717) is 0 Å². The first-order chi connectivity index (χ1) is 8.28. The number of aryl methyl sites for hydroxylation is 2. The van der Waals surface area contributed by atoms with Gasteiger partial charge in [0.25, 0.3) is 0 Å². The number of nitrogens with two attached hydrogens (primary N) is 1. The summed E-state index contributed by atoms with van der Waals surface area (Å²) in [6.07, 6.45) is 6.12. The smallest absolute Gasteiger partial charge is 0.111 e. The fourth-order valence-corrected chi connectivity index (χ4v) is 3.60. The normalized spacial score (nSPS) is 18.4. The third-order valence-electron chi connectivity index (χ3n) is 3.57. The van der Waals surface area contributed by atoms with Gasteiger partial charge in [0, 0.05) is 9.80 Å². The Balaban J connectivity index is 2.01. The van der Waals surface area contributed by atoms with Crippen molar-refractivity contribution < 1.29 is 0 Å². The molecular weight excluding hydrogens is 228 g/mol. The van der Waals surface area contributed by atoms with Crippen molar-refractivity contribution in [3.63, 3.8) is 0 Å². The van der Waals surface area contributed by atoms with Crippen LogP contribution in [0.25, 0.3) is 0 Å². The molecule has 1 aromatic rings. The number of hydrogen-bond donors (Lipinski definition) is 2. The van der Waals surface area contributed by atoms with Crippen LogP contribution in [0.2, 0.25) is 0 Å². The van der Waals surface area contributed by atoms with Gasteiger partial charge in [-0.25, -0.2) is 0 Å². The first-order valence-electron chi connectivity index (χ1n) is 6.37. The molecule has 0 saturated heterocycles. The van der Waals surface area contributed by atoms with Gasteiger partial charge in [0.15, 0.2) is 0 Å². The van der Waals surface area contributed by atoms with E-state index in [2.05, 4.69) is 24.4 Å². The van der Waals surface area contributed by atoms with Crippen molar-refractivity contribution in [3.8, 4) is 0 Å². The Morgan fingerprint density at radius 1 is 1.24 bits per heavy atom. The largest absolute Gasteiger partial charge is 0.385 e. The molecular formula is C14H18N2S. The molecule has 0 amide bonds. The number of fused-ring (bicyclic) bond motifs is 2. The number of thioether (sulfide) groups is 1. The van der Waals surface area contributed by atoms with E-state index in [4.69, 9.17) is 5.73 Å². The maximum absolute atomic E-state index is 6.03. The number of anilines is 1. The van der Waals surface area contributed by atoms with Crippen molar-refractivity contribution in [3.05, 3.63) is 34.0 Å². The van der Waals surface area contributed by atoms with Crippen molar-refractivity contribution in [2.75, 3.05) is 5.32 Å². The highest BCUT2D eigenvalue weighted by atomic mass is 32.2. The SMILES string of the molecule is CCC1=C(N)Nc2cc3c(cc2S1)CCCC3. The molecule has 0 bridgehead atoms. The molecule has 0 atom stereocenters. The molecule has 1 aromatic carbocycles. The lowest BCUT2D eigenvalue weighted by molar-refractivity contribution is 0.684. The Morgan fingerprint density at radius 2 is 1.94 bits per heavy atom. The molecule has 3 rings (SSSR count). The summed E-state index contributed by atoms with van der Waals surface area (Å²) in [5.74, 6) is 0.834. The molecule has 0 saturated carbocycles. The minimum absolute atomic E-state index is 0.834. The van der Waals surface area contributed by atoms with Crippen LogP contribution in [0.3, 0.4) is 0 Å². The molecule has 3 N–H and O–H groups in total. The van der Waals surface area contributed by atoms with Crippen molar-refractivity contribution in [1.29, 1.82) is 0 Å². The number of hydrogen-bond acceptors (Lipinski definition) is 3. The Hall–Kier alpha value is -1.09. The summed E-state index contributed by atoms with van der Waals surface area (Å²) >= 11 is 1.83. The third kappa shape index (κ3) is 1.93. The van der Waals surface area contributed by atoms with Crippen molar-refractivity contribution in [2.45, 2.75) is 43.9 Å². The van der Waals surface area contributed by atoms with Gasteiger partial charge in [-0.05, 0) is 55.4 Å². The van der Waals surface area contributed by atoms with Crippen molar-refractivity contribution in [2.24, 2.45) is 5.73 Å². The highest BCUT2D eigenvalue weighted by molar-refractivity contribution is 8.03. The molecule has 2 nitrogen and oxygen atoms in total. The van der Waals surface area contributed by atoms with Crippen molar-refractivity contribution >= 4 is 17.4 Å². The zero-order valence-electron chi connectivity index (χ0n) is 10.2. The van der Waals surface area contributed by atoms with Crippen LogP contribution in [0.4, 0.5) is 5.69 Å². The predicted molar refractivity (Wildman–Crippen MR) is 74.1 cm³/mol. The zero-order valence-corrected chi connectivity index (χ0v) is 11.0. The molecule has 1 heterocycles. The third-order valence-corrected chi connectivity index (χ3v) is 4.88. The maximum atomic E-state index is 6.03. The summed E-state index contributed by atoms with van der Waals surface area (Å²) < 4.78 is 0. The molecule has 90 valence electrons. The van der Waals surface area contributed by atoms with E-state index in [-0.39, 0.29) is 0 Å². The van der Waals surface area contributed by atoms with Crippen LogP contribution in [-0.2, 0) is 12.8 Å². The van der Waals surface area contributed by atoms with E-state index < -0.39 is 0 Å². The van der Waals surface area contributed by atoms with Gasteiger partial charge in [-0.15, -0.1) is 0 Å². The highest BCUT2D eigenvalue weighted by Crippen LogP contribution is 2.42. The van der Waals surface area contributed by atoms with Crippen LogP contribution in [0.1, 0.15) is 37.3 Å². The van der Waals surface area contributed by atoms with Crippen LogP contribution in [0, 0.1) is 0 Å². The second-order valence-electron chi connectivity index (χ2n) is 4.74. The van der Waals surface area contributed by atoms with E-state index in [1.54, 1.807) is 5.56 Å². The Morgan fingerprint density at radius 3 is 2.65 bits per heavy atom. The second kappa shape index (κ2) is 4.30. The van der Waals surface area contributed by atoms with Crippen LogP contribution in [0.15, 0.2) is 27.8 Å². The van der Waals surface area contributed by atoms with Gasteiger partial charge in [-0.1, -0.05) is 18.7 Å². The Kier molecular flexibility index (Phi) is 2.79. The number of benzene rings is 1. The molecule has 0 fully saturated rings. The van der Waals surface area contributed by atoms with E-state index in [9.17, 15) is 0 Å². The number of allylic oxidation sites excluding steroid dienone is 1. The molecule has 17 heavy (non-hydrogen) atoms. The monoisotopic (exact) mass is 246 g/mol. The van der Waals surface area contributed by atoms with Gasteiger partial charge in [0.05, 0.1) is 5.69 Å². The summed E-state index contributed by atoms with van der Waals surface area (Å²) in [7, 11) is 0. The lowest BCUT2D eigenvalue weighted by atomic mass is 9.91. The molecule has 0 unspecified atom stereocenters. The van der Waals surface area contributed by atoms with Crippen LogP contribution in [0.5, 0.6) is 0 Å². The van der Waals surface area contributed by atoms with Gasteiger partial charge >= 0.3 is 0 Å². The van der Waals surface area contributed by atoms with Gasteiger partial charge in [-0.2, -0.15) is 0 Å². The summed E-state index contributed by atoms with van der Waals surface area (Å²) in [5.41, 5.74) is 10.3. The molecule has 1 aliphatic heterocycles. The summed E-state index contributed by atoms with van der Waals surface area (Å²) in [6, 6.07) is 4.67. The van der Waals surface area contributed by atoms with E-state index >= 15 is 0 Å². The molecule has 0 aromatic heterocycles. The quantitative estimate of drug-likeness (QED) is 0.795. The average Bonchev–Trinajstić information content (AvgIpc) is 2.35. The van der Waals surface area contributed by atoms with Crippen LogP contribution in [-0.4, -0.2) is 0 Å². The van der Waals surface area contributed by atoms with Gasteiger partial charge in [0.1, 0.15) is 5.82 Å². The van der Waals surface area contributed by atoms with E-state index in [1.807, 2.05) is 11.8 Å². The van der Waals surface area contributed by atoms with Crippen LogP contribution >= 0.6 is 11.8 Å². The topological polar surface area (TPSA) is 38.0 Å². The summed E-state index contributed by atoms with van der Waals surface area (Å²) in [4.78, 5) is 2.60. The van der Waals surface area contributed by atoms with Crippen LogP contribution < -0.4 is 11.1 Å². The van der Waals surface area contributed by atoms with Gasteiger partial charge in [-0.3, -0.25) is 0 Å². The molecule has 3 heteroatoms. The second-order valence-corrected chi connectivity index (χ2v) is 5.88. The standard InChI is InChI=1S/C14H18N2S/c1-2-12-14(15)16-11-7-9-5-3-4-6-10(9)8-13(11)17-12/h7-8,16H,2-6,15H2,1H3. The fraction of sp³-hybridized carbons (Fsp3) is 0.429. The highest BCUT2D eigenvalue weighted by Gasteiger charge is 2.19. The number of nitrogens with one attached hydrogen (secondary N) is 1. The molecule has 1 aliphatic carbocycles. The molecule has 2 aliphatic rings. The minimum Gasteiger partial charge on any atom is -0.385 e. The first kappa shape index (κ1) is 11.0. The predicted octanol–water partition coefficient (Wildman–Crippen LogP) is 3.62. The summed E-state index contributed by atoms with van der Waals surface area (Å²) in [6.45, 7) is 2.15. The van der Waals surface area contributed by atoms with Gasteiger partial charge < -0.3 is 11.1 Å². The number of rotatable bonds is 1. The lowest BCUT2D eigenvalue weighted by Gasteiger charge is -2.25. The molecule has 0 radical (unpaired) electrons. The zero-order chi connectivity index (χ0) is 11.8. The maximum Gasteiger partial charge on any atom is 0.111 e. The Bertz CT molecular complexity index is 491. The average molecular weight is 246 g/mol. The first-order valence-corrected chi connectivity index (χ1v) is 7.19. The van der Waals surface area contributed by atoms with Crippen molar-refractivity contribution in [1.82, 2.24) is 0 Å². The van der Waals surface area contributed by atoms with E-state index in [0.717, 1.165) is 12.2 Å². The minimum atomic E-state index is 0.834. The summed E-state index contributed by atoms with van der Waals surface area (Å²) in [5, 5.41) is 3.35. The van der Waals surface area contributed by atoms with E-state index in [1.165, 1.54) is 46.7 Å². The Labute approximate surface area is 107 Å². The molecule has 0 spiro atoms. The van der Waals surface area contributed by atoms with Gasteiger partial charge in [0.2, 0.25) is 0 Å². The fourth-order valence-electron chi connectivity index (χ4n) is 2.61. The lowest BCUT2D eigenvalue weighted by Crippen LogP contribution is -2.16.